The lowest BCUT2D eigenvalue weighted by molar-refractivity contribution is 0.00578. The van der Waals surface area contributed by atoms with Crippen LogP contribution in [0, 0.1) is 0 Å². The van der Waals surface area contributed by atoms with E-state index in [1.54, 1.807) is 6.07 Å². The molecule has 0 atom stereocenters. The van der Waals surface area contributed by atoms with Gasteiger partial charge in [-0.1, -0.05) is 23.2 Å². The first-order valence-electron chi connectivity index (χ1n) is 5.67. The highest BCUT2D eigenvalue weighted by Gasteiger charge is 2.53. The number of phenolic OH excluding ortho intramolecular Hbond substituents is 1. The second kappa shape index (κ2) is 4.31. The summed E-state index contributed by atoms with van der Waals surface area (Å²) in [4.78, 5) is 0. The normalized spacial score (nSPS) is 21.3. The van der Waals surface area contributed by atoms with Crippen molar-refractivity contribution in [1.82, 2.24) is 0 Å². The summed E-state index contributed by atoms with van der Waals surface area (Å²) >= 11 is 11.9. The molecule has 1 aromatic carbocycles. The van der Waals surface area contributed by atoms with E-state index in [4.69, 9.17) is 32.5 Å². The van der Waals surface area contributed by atoms with Gasteiger partial charge in [0.1, 0.15) is 5.75 Å². The summed E-state index contributed by atoms with van der Waals surface area (Å²) < 4.78 is 11.7. The number of aromatic hydroxyl groups is 1. The lowest BCUT2D eigenvalue weighted by Gasteiger charge is -2.32. The Morgan fingerprint density at radius 1 is 1.06 bits per heavy atom. The van der Waals surface area contributed by atoms with Crippen LogP contribution < -0.4 is 5.46 Å². The molecular weight excluding hydrogens is 274 g/mol. The third-order valence-corrected chi connectivity index (χ3v) is 4.09. The molecule has 0 amide bonds. The van der Waals surface area contributed by atoms with Gasteiger partial charge in [0.25, 0.3) is 0 Å². The second-order valence-corrected chi connectivity index (χ2v) is 6.25. The molecule has 1 N–H and O–H groups in total. The third-order valence-electron chi connectivity index (χ3n) is 3.56. The van der Waals surface area contributed by atoms with E-state index in [0.717, 1.165) is 0 Å². The van der Waals surface area contributed by atoms with E-state index < -0.39 is 18.3 Å². The van der Waals surface area contributed by atoms with Gasteiger partial charge in [-0.15, -0.1) is 0 Å². The number of rotatable bonds is 1. The van der Waals surface area contributed by atoms with Crippen molar-refractivity contribution in [2.24, 2.45) is 0 Å². The molecule has 0 spiro atoms. The van der Waals surface area contributed by atoms with E-state index in [1.807, 2.05) is 27.7 Å². The van der Waals surface area contributed by atoms with Crippen LogP contribution in [-0.4, -0.2) is 23.4 Å². The molecule has 0 unspecified atom stereocenters. The highest BCUT2D eigenvalue weighted by molar-refractivity contribution is 6.66. The standard InChI is InChI=1S/C12H15BCl2O3/c1-11(2)12(3,4)18-13(17-11)10-8(15)5-7(14)6-9(10)16/h5-6,16H,1-4H3. The topological polar surface area (TPSA) is 38.7 Å². The van der Waals surface area contributed by atoms with E-state index in [0.29, 0.717) is 15.5 Å². The summed E-state index contributed by atoms with van der Waals surface area (Å²) in [5, 5.41) is 10.6. The van der Waals surface area contributed by atoms with Crippen LogP contribution in [-0.2, 0) is 9.31 Å². The average Bonchev–Trinajstić information content (AvgIpc) is 2.32. The largest absolute Gasteiger partial charge is 0.508 e. The number of benzene rings is 1. The Balaban J connectivity index is 2.42. The monoisotopic (exact) mass is 288 g/mol. The zero-order valence-electron chi connectivity index (χ0n) is 10.8. The third kappa shape index (κ3) is 2.23. The number of hydrogen-bond acceptors (Lipinski definition) is 3. The molecule has 2 rings (SSSR count). The van der Waals surface area contributed by atoms with E-state index >= 15 is 0 Å². The van der Waals surface area contributed by atoms with E-state index in [2.05, 4.69) is 0 Å². The SMILES string of the molecule is CC1(C)OB(c2c(O)cc(Cl)cc2Cl)OC1(C)C. The maximum absolute atomic E-state index is 9.94. The summed E-state index contributed by atoms with van der Waals surface area (Å²) in [7, 11) is -0.695. The smallest absolute Gasteiger partial charge is 0.500 e. The van der Waals surface area contributed by atoms with Gasteiger partial charge in [0, 0.05) is 15.5 Å². The van der Waals surface area contributed by atoms with Gasteiger partial charge < -0.3 is 14.4 Å². The fraction of sp³-hybridized carbons (Fsp3) is 0.500. The minimum atomic E-state index is -0.695. The van der Waals surface area contributed by atoms with Crippen molar-refractivity contribution >= 4 is 35.8 Å². The molecule has 6 heteroatoms. The van der Waals surface area contributed by atoms with Gasteiger partial charge in [-0.05, 0) is 39.8 Å². The van der Waals surface area contributed by atoms with Crippen molar-refractivity contribution in [2.45, 2.75) is 38.9 Å². The molecule has 1 heterocycles. The van der Waals surface area contributed by atoms with Gasteiger partial charge in [-0.2, -0.15) is 0 Å². The summed E-state index contributed by atoms with van der Waals surface area (Å²) in [6.07, 6.45) is 0. The number of hydrogen-bond donors (Lipinski definition) is 1. The molecule has 1 saturated heterocycles. The van der Waals surface area contributed by atoms with Crippen LogP contribution in [0.2, 0.25) is 10.0 Å². The fourth-order valence-corrected chi connectivity index (χ4v) is 2.34. The van der Waals surface area contributed by atoms with Gasteiger partial charge in [-0.25, -0.2) is 0 Å². The fourth-order valence-electron chi connectivity index (χ4n) is 1.77. The predicted octanol–water partition coefficient (Wildman–Crippen LogP) is 3.00. The first-order valence-corrected chi connectivity index (χ1v) is 6.43. The Kier molecular flexibility index (Phi) is 3.35. The molecule has 3 nitrogen and oxygen atoms in total. The Morgan fingerprint density at radius 2 is 1.56 bits per heavy atom. The first kappa shape index (κ1) is 14.0. The minimum absolute atomic E-state index is 0.0222. The van der Waals surface area contributed by atoms with Crippen LogP contribution in [0.25, 0.3) is 0 Å². The molecule has 98 valence electrons. The molecule has 1 fully saturated rings. The van der Waals surface area contributed by atoms with Crippen LogP contribution in [0.5, 0.6) is 5.75 Å². The first-order chi connectivity index (χ1) is 8.14. The van der Waals surface area contributed by atoms with Crippen LogP contribution in [0.15, 0.2) is 12.1 Å². The van der Waals surface area contributed by atoms with Gasteiger partial charge in [0.15, 0.2) is 0 Å². The number of phenols is 1. The molecule has 0 saturated carbocycles. The van der Waals surface area contributed by atoms with Gasteiger partial charge in [-0.3, -0.25) is 0 Å². The van der Waals surface area contributed by atoms with Crippen LogP contribution in [0.1, 0.15) is 27.7 Å². The van der Waals surface area contributed by atoms with Crippen molar-refractivity contribution in [3.63, 3.8) is 0 Å². The summed E-state index contributed by atoms with van der Waals surface area (Å²) in [6, 6.07) is 2.98. The van der Waals surface area contributed by atoms with Crippen LogP contribution in [0.4, 0.5) is 0 Å². The van der Waals surface area contributed by atoms with E-state index in [-0.39, 0.29) is 5.75 Å². The maximum atomic E-state index is 9.94. The van der Waals surface area contributed by atoms with Crippen LogP contribution >= 0.6 is 23.2 Å². The molecule has 0 aromatic heterocycles. The Morgan fingerprint density at radius 3 is 2.00 bits per heavy atom. The Bertz CT molecular complexity index is 449. The van der Waals surface area contributed by atoms with Crippen LogP contribution in [0.3, 0.4) is 0 Å². The lowest BCUT2D eigenvalue weighted by Crippen LogP contribution is -2.41. The van der Waals surface area contributed by atoms with E-state index in [9.17, 15) is 5.11 Å². The highest BCUT2D eigenvalue weighted by atomic mass is 35.5. The van der Waals surface area contributed by atoms with Crippen molar-refractivity contribution in [2.75, 3.05) is 0 Å². The minimum Gasteiger partial charge on any atom is -0.508 e. The van der Waals surface area contributed by atoms with Crippen molar-refractivity contribution < 1.29 is 14.4 Å². The molecule has 18 heavy (non-hydrogen) atoms. The van der Waals surface area contributed by atoms with Crippen molar-refractivity contribution in [3.8, 4) is 5.75 Å². The quantitative estimate of drug-likeness (QED) is 0.808. The zero-order chi connectivity index (χ0) is 13.7. The van der Waals surface area contributed by atoms with Gasteiger partial charge in [0.05, 0.1) is 11.2 Å². The molecule has 1 aliphatic heterocycles. The summed E-state index contributed by atoms with van der Waals surface area (Å²) in [6.45, 7) is 7.75. The summed E-state index contributed by atoms with van der Waals surface area (Å²) in [5.41, 5.74) is -0.542. The Labute approximate surface area is 117 Å². The molecule has 1 aromatic rings. The number of halogens is 2. The Hall–Kier alpha value is -0.415. The van der Waals surface area contributed by atoms with Gasteiger partial charge in [0.2, 0.25) is 0 Å². The van der Waals surface area contributed by atoms with Gasteiger partial charge >= 0.3 is 7.12 Å². The molecule has 0 radical (unpaired) electrons. The van der Waals surface area contributed by atoms with E-state index in [1.165, 1.54) is 6.07 Å². The zero-order valence-corrected chi connectivity index (χ0v) is 12.3. The highest BCUT2D eigenvalue weighted by Crippen LogP contribution is 2.38. The molecule has 0 bridgehead atoms. The second-order valence-electron chi connectivity index (χ2n) is 5.41. The van der Waals surface area contributed by atoms with Crippen molar-refractivity contribution in [1.29, 1.82) is 0 Å². The average molecular weight is 289 g/mol. The van der Waals surface area contributed by atoms with Crippen molar-refractivity contribution in [3.05, 3.63) is 22.2 Å². The molecule has 0 aliphatic carbocycles. The molecular formula is C12H15BCl2O3. The molecule has 1 aliphatic rings. The maximum Gasteiger partial charge on any atom is 0.500 e. The predicted molar refractivity (Wildman–Crippen MR) is 73.8 cm³/mol. The summed E-state index contributed by atoms with van der Waals surface area (Å²) in [5.74, 6) is -0.0222. The lowest BCUT2D eigenvalue weighted by atomic mass is 9.78.